The number of halogens is 1. The lowest BCUT2D eigenvalue weighted by Crippen LogP contribution is -2.08. The Morgan fingerprint density at radius 1 is 1.22 bits per heavy atom. The number of hydrogen-bond donors (Lipinski definition) is 1. The van der Waals surface area contributed by atoms with Crippen LogP contribution in [0.25, 0.3) is 5.69 Å². The summed E-state index contributed by atoms with van der Waals surface area (Å²) in [4.78, 5) is 0. The zero-order chi connectivity index (χ0) is 19.2. The molecule has 0 bridgehead atoms. The van der Waals surface area contributed by atoms with E-state index in [1.165, 1.54) is 11.8 Å². The highest BCUT2D eigenvalue weighted by Gasteiger charge is 2.14. The molecule has 8 heteroatoms. The molecule has 1 heterocycles. The number of anilines is 1. The molecule has 3 aromatic rings. The molecule has 0 saturated heterocycles. The number of aryl methyl sites for hydroxylation is 1. The quantitative estimate of drug-likeness (QED) is 0.591. The van der Waals surface area contributed by atoms with Crippen LogP contribution in [0.4, 0.5) is 5.69 Å². The van der Waals surface area contributed by atoms with Gasteiger partial charge >= 0.3 is 0 Å². The van der Waals surface area contributed by atoms with Crippen molar-refractivity contribution in [2.24, 2.45) is 0 Å². The van der Waals surface area contributed by atoms with E-state index in [0.29, 0.717) is 22.5 Å². The molecule has 0 aliphatic heterocycles. The van der Waals surface area contributed by atoms with Gasteiger partial charge in [-0.15, -0.1) is 10.2 Å². The highest BCUT2D eigenvalue weighted by atomic mass is 35.5. The van der Waals surface area contributed by atoms with Gasteiger partial charge in [0.2, 0.25) is 0 Å². The number of hydrogen-bond acceptors (Lipinski definition) is 6. The molecule has 0 radical (unpaired) electrons. The van der Waals surface area contributed by atoms with Gasteiger partial charge in [0, 0.05) is 16.4 Å². The van der Waals surface area contributed by atoms with Crippen molar-refractivity contribution in [2.75, 3.05) is 18.2 Å². The number of thioether (sulfide) groups is 1. The van der Waals surface area contributed by atoms with Crippen molar-refractivity contribution in [3.05, 3.63) is 58.9 Å². The lowest BCUT2D eigenvalue weighted by molar-refractivity contribution is 0.414. The second-order valence-electron chi connectivity index (χ2n) is 5.70. The first-order chi connectivity index (χ1) is 13.1. The summed E-state index contributed by atoms with van der Waals surface area (Å²) >= 11 is 7.54. The lowest BCUT2D eigenvalue weighted by atomic mass is 10.2. The number of nitrogens with zero attached hydrogens (tertiary/aromatic N) is 4. The van der Waals surface area contributed by atoms with Gasteiger partial charge in [-0.1, -0.05) is 29.4 Å². The topological polar surface area (TPSA) is 75.8 Å². The Bertz CT molecular complexity index is 965. The summed E-state index contributed by atoms with van der Waals surface area (Å²) < 4.78 is 7.16. The van der Waals surface area contributed by atoms with Crippen LogP contribution in [0.15, 0.2) is 47.6 Å². The lowest BCUT2D eigenvalue weighted by Gasteiger charge is -2.12. The molecule has 0 saturated carbocycles. The highest BCUT2D eigenvalue weighted by Crippen LogP contribution is 2.25. The van der Waals surface area contributed by atoms with Crippen LogP contribution < -0.4 is 10.1 Å². The maximum atomic E-state index is 8.89. The van der Waals surface area contributed by atoms with Crippen LogP contribution >= 0.6 is 23.4 Å². The van der Waals surface area contributed by atoms with Gasteiger partial charge in [-0.05, 0) is 48.9 Å². The van der Waals surface area contributed by atoms with Crippen LogP contribution in [0.5, 0.6) is 5.75 Å². The van der Waals surface area contributed by atoms with Crippen molar-refractivity contribution < 1.29 is 4.74 Å². The number of ether oxygens (including phenoxy) is 1. The van der Waals surface area contributed by atoms with E-state index in [4.69, 9.17) is 21.6 Å². The molecule has 27 heavy (non-hydrogen) atoms. The minimum absolute atomic E-state index is 0.301. The monoisotopic (exact) mass is 399 g/mol. The normalized spacial score (nSPS) is 10.4. The fourth-order valence-electron chi connectivity index (χ4n) is 2.48. The van der Waals surface area contributed by atoms with Crippen LogP contribution in [-0.2, 0) is 6.54 Å². The Morgan fingerprint density at radius 3 is 2.67 bits per heavy atom. The summed E-state index contributed by atoms with van der Waals surface area (Å²) in [5, 5.41) is 22.1. The first kappa shape index (κ1) is 19.1. The van der Waals surface area contributed by atoms with Crippen molar-refractivity contribution in [3.8, 4) is 17.5 Å². The average Bonchev–Trinajstić information content (AvgIpc) is 3.10. The van der Waals surface area contributed by atoms with Crippen LogP contribution in [0.2, 0.25) is 5.02 Å². The molecule has 0 amide bonds. The van der Waals surface area contributed by atoms with Crippen molar-refractivity contribution >= 4 is 29.1 Å². The minimum Gasteiger partial charge on any atom is -0.497 e. The van der Waals surface area contributed by atoms with E-state index < -0.39 is 0 Å². The van der Waals surface area contributed by atoms with Crippen LogP contribution in [0.3, 0.4) is 0 Å². The smallest absolute Gasteiger partial charge is 0.196 e. The molecule has 0 unspecified atom stereocenters. The highest BCUT2D eigenvalue weighted by molar-refractivity contribution is 7.99. The van der Waals surface area contributed by atoms with E-state index in [9.17, 15) is 0 Å². The first-order valence-electron chi connectivity index (χ1n) is 8.21. The number of aromatic nitrogens is 3. The maximum absolute atomic E-state index is 8.89. The Hall–Kier alpha value is -2.69. The van der Waals surface area contributed by atoms with Crippen LogP contribution in [-0.4, -0.2) is 27.6 Å². The number of benzene rings is 2. The Morgan fingerprint density at radius 2 is 2.00 bits per heavy atom. The maximum Gasteiger partial charge on any atom is 0.196 e. The molecule has 1 N–H and O–H groups in total. The second kappa shape index (κ2) is 8.80. The van der Waals surface area contributed by atoms with Gasteiger partial charge < -0.3 is 10.1 Å². The molecule has 0 spiro atoms. The number of methoxy groups -OCH3 is 1. The van der Waals surface area contributed by atoms with Gasteiger partial charge in [0.1, 0.15) is 5.75 Å². The summed E-state index contributed by atoms with van der Waals surface area (Å²) in [7, 11) is 1.63. The molecule has 0 aliphatic carbocycles. The van der Waals surface area contributed by atoms with Gasteiger partial charge in [-0.25, -0.2) is 0 Å². The van der Waals surface area contributed by atoms with Crippen LogP contribution in [0.1, 0.15) is 11.4 Å². The molecule has 3 rings (SSSR count). The summed E-state index contributed by atoms with van der Waals surface area (Å²) in [5.74, 6) is 1.80. The van der Waals surface area contributed by atoms with E-state index in [0.717, 1.165) is 28.5 Å². The van der Waals surface area contributed by atoms with Gasteiger partial charge in [0.25, 0.3) is 0 Å². The summed E-state index contributed by atoms with van der Waals surface area (Å²) in [6.07, 6.45) is 0. The Labute approximate surface area is 167 Å². The summed E-state index contributed by atoms with van der Waals surface area (Å²) in [6, 6.07) is 15.6. The SMILES string of the molecule is COc1ccc(-n2c(CNc3ccc(C)c(Cl)c3)nnc2SCC#N)cc1. The fourth-order valence-corrected chi connectivity index (χ4v) is 3.29. The third-order valence-electron chi connectivity index (χ3n) is 3.92. The Kier molecular flexibility index (Phi) is 6.22. The molecule has 0 atom stereocenters. The third kappa shape index (κ3) is 4.54. The minimum atomic E-state index is 0.301. The predicted molar refractivity (Wildman–Crippen MR) is 108 cm³/mol. The molecule has 0 fully saturated rings. The first-order valence-corrected chi connectivity index (χ1v) is 9.57. The van der Waals surface area contributed by atoms with Gasteiger partial charge in [-0.2, -0.15) is 5.26 Å². The fraction of sp³-hybridized carbons (Fsp3) is 0.211. The number of nitrogens with one attached hydrogen (secondary N) is 1. The van der Waals surface area contributed by atoms with E-state index in [1.54, 1.807) is 7.11 Å². The van der Waals surface area contributed by atoms with E-state index >= 15 is 0 Å². The third-order valence-corrected chi connectivity index (χ3v) is 5.12. The molecule has 0 aliphatic rings. The van der Waals surface area contributed by atoms with Crippen molar-refractivity contribution in [1.29, 1.82) is 5.26 Å². The summed E-state index contributed by atoms with van der Waals surface area (Å²) in [5.41, 5.74) is 2.83. The Balaban J connectivity index is 1.88. The van der Waals surface area contributed by atoms with Crippen molar-refractivity contribution in [3.63, 3.8) is 0 Å². The second-order valence-corrected chi connectivity index (χ2v) is 7.05. The van der Waals surface area contributed by atoms with E-state index in [2.05, 4.69) is 21.6 Å². The molecule has 2 aromatic carbocycles. The average molecular weight is 400 g/mol. The van der Waals surface area contributed by atoms with E-state index in [1.807, 2.05) is 54.0 Å². The van der Waals surface area contributed by atoms with Crippen LogP contribution in [0, 0.1) is 18.3 Å². The molecule has 1 aromatic heterocycles. The predicted octanol–water partition coefficient (Wildman–Crippen LogP) is 4.47. The summed E-state index contributed by atoms with van der Waals surface area (Å²) in [6.45, 7) is 2.43. The molecular weight excluding hydrogens is 382 g/mol. The van der Waals surface area contributed by atoms with Gasteiger partial charge in [0.15, 0.2) is 11.0 Å². The zero-order valence-corrected chi connectivity index (χ0v) is 16.5. The molecule has 6 nitrogen and oxygen atoms in total. The number of rotatable bonds is 7. The molecular formula is C19H18ClN5OS. The number of nitriles is 1. The van der Waals surface area contributed by atoms with Crippen molar-refractivity contribution in [2.45, 2.75) is 18.6 Å². The largest absolute Gasteiger partial charge is 0.497 e. The standard InChI is InChI=1S/C19H18ClN5OS/c1-13-3-4-14(11-17(13)20)22-12-18-23-24-19(27-10-9-21)25(18)15-5-7-16(26-2)8-6-15/h3-8,11,22H,10,12H2,1-2H3. The van der Waals surface area contributed by atoms with Crippen molar-refractivity contribution in [1.82, 2.24) is 14.8 Å². The molecule has 138 valence electrons. The zero-order valence-electron chi connectivity index (χ0n) is 14.9. The van der Waals surface area contributed by atoms with Gasteiger partial charge in [0.05, 0.1) is 25.5 Å². The van der Waals surface area contributed by atoms with Gasteiger partial charge in [-0.3, -0.25) is 4.57 Å². The van der Waals surface area contributed by atoms with E-state index in [-0.39, 0.29) is 0 Å².